The molecule has 0 saturated carbocycles. The van der Waals surface area contributed by atoms with Crippen molar-refractivity contribution < 1.29 is 8.42 Å². The topological polar surface area (TPSA) is 89.8 Å². The van der Waals surface area contributed by atoms with Gasteiger partial charge in [-0.25, -0.2) is 9.67 Å². The molecule has 0 aliphatic rings. The number of nitrogens with zero attached hydrogens (tertiary/aromatic N) is 4. The molecular formula is C10H14BrN5O2S2. The van der Waals surface area contributed by atoms with Crippen molar-refractivity contribution in [3.63, 3.8) is 0 Å². The summed E-state index contributed by atoms with van der Waals surface area (Å²) < 4.78 is 28.4. The van der Waals surface area contributed by atoms with Gasteiger partial charge in [0.05, 0.1) is 5.69 Å². The highest BCUT2D eigenvalue weighted by Crippen LogP contribution is 2.28. The molecule has 2 aromatic heterocycles. The molecule has 2 aromatic rings. The van der Waals surface area contributed by atoms with E-state index >= 15 is 0 Å². The van der Waals surface area contributed by atoms with Crippen LogP contribution in [0.5, 0.6) is 0 Å². The third-order valence-corrected chi connectivity index (χ3v) is 5.60. The second-order valence-electron chi connectivity index (χ2n) is 5.20. The molecule has 0 bridgehead atoms. The van der Waals surface area contributed by atoms with Gasteiger partial charge in [-0.1, -0.05) is 26.0 Å². The number of hydrogen-bond donors (Lipinski definition) is 1. The molecule has 0 aliphatic carbocycles. The van der Waals surface area contributed by atoms with Crippen molar-refractivity contribution in [2.24, 2.45) is 7.05 Å². The van der Waals surface area contributed by atoms with Crippen LogP contribution >= 0.6 is 27.3 Å². The smallest absolute Gasteiger partial charge is 0.253 e. The monoisotopic (exact) mass is 379 g/mol. The molecule has 20 heavy (non-hydrogen) atoms. The van der Waals surface area contributed by atoms with Crippen LogP contribution in [0.2, 0.25) is 0 Å². The lowest BCUT2D eigenvalue weighted by Crippen LogP contribution is -2.18. The fourth-order valence-electron chi connectivity index (χ4n) is 1.44. The van der Waals surface area contributed by atoms with Crippen LogP contribution in [0, 0.1) is 0 Å². The van der Waals surface area contributed by atoms with Crippen LogP contribution in [0.25, 0.3) is 0 Å². The Morgan fingerprint density at radius 1 is 1.40 bits per heavy atom. The SMILES string of the molecule is Cn1nnc(Br)c1S(=O)(=O)Nc1nc(C(C)(C)C)cs1. The Morgan fingerprint density at radius 3 is 2.50 bits per heavy atom. The lowest BCUT2D eigenvalue weighted by Gasteiger charge is -2.14. The predicted molar refractivity (Wildman–Crippen MR) is 80.3 cm³/mol. The summed E-state index contributed by atoms with van der Waals surface area (Å²) in [6.07, 6.45) is 0. The molecule has 10 heteroatoms. The Hall–Kier alpha value is -1.00. The molecule has 0 radical (unpaired) electrons. The van der Waals surface area contributed by atoms with Gasteiger partial charge in [-0.15, -0.1) is 16.4 Å². The lowest BCUT2D eigenvalue weighted by molar-refractivity contribution is 0.571. The normalized spacial score (nSPS) is 12.7. The van der Waals surface area contributed by atoms with Gasteiger partial charge in [0, 0.05) is 17.8 Å². The standard InChI is InChI=1S/C10H14BrN5O2S2/c1-10(2,3)6-5-19-9(12-6)14-20(17,18)8-7(11)13-15-16(8)4/h5H,1-4H3,(H,12,14). The van der Waals surface area contributed by atoms with Crippen molar-refractivity contribution in [2.75, 3.05) is 4.72 Å². The third-order valence-electron chi connectivity index (χ3n) is 2.49. The molecule has 0 spiro atoms. The van der Waals surface area contributed by atoms with Crippen LogP contribution in [0.4, 0.5) is 5.13 Å². The fraction of sp³-hybridized carbons (Fsp3) is 0.500. The highest BCUT2D eigenvalue weighted by molar-refractivity contribution is 9.10. The van der Waals surface area contributed by atoms with E-state index < -0.39 is 10.0 Å². The zero-order chi connectivity index (χ0) is 15.1. The van der Waals surface area contributed by atoms with Crippen LogP contribution in [0.15, 0.2) is 15.0 Å². The Morgan fingerprint density at radius 2 is 2.05 bits per heavy atom. The average molecular weight is 380 g/mol. The van der Waals surface area contributed by atoms with Gasteiger partial charge in [-0.2, -0.15) is 8.42 Å². The third kappa shape index (κ3) is 3.01. The number of thiazole rings is 1. The van der Waals surface area contributed by atoms with Crippen LogP contribution in [-0.4, -0.2) is 28.4 Å². The molecule has 0 unspecified atom stereocenters. The fourth-order valence-corrected chi connectivity index (χ4v) is 4.72. The first-order valence-corrected chi connectivity index (χ1v) is 8.81. The minimum Gasteiger partial charge on any atom is -0.253 e. The summed E-state index contributed by atoms with van der Waals surface area (Å²) in [6, 6.07) is 0. The highest BCUT2D eigenvalue weighted by atomic mass is 79.9. The zero-order valence-corrected chi connectivity index (χ0v) is 14.6. The van der Waals surface area contributed by atoms with Crippen molar-refractivity contribution in [1.82, 2.24) is 20.0 Å². The van der Waals surface area contributed by atoms with Gasteiger partial charge in [0.25, 0.3) is 10.0 Å². The predicted octanol–water partition coefficient (Wildman–Crippen LogP) is 2.13. The van der Waals surface area contributed by atoms with E-state index in [9.17, 15) is 8.42 Å². The molecule has 0 fully saturated rings. The van der Waals surface area contributed by atoms with Gasteiger partial charge in [0.2, 0.25) is 5.03 Å². The molecule has 0 saturated heterocycles. The summed E-state index contributed by atoms with van der Waals surface area (Å²) in [6.45, 7) is 6.05. The Labute approximate surface area is 129 Å². The summed E-state index contributed by atoms with van der Waals surface area (Å²) in [7, 11) is -2.27. The number of halogens is 1. The van der Waals surface area contributed by atoms with E-state index in [1.54, 1.807) is 0 Å². The van der Waals surface area contributed by atoms with Gasteiger partial charge in [-0.3, -0.25) is 4.72 Å². The molecule has 110 valence electrons. The van der Waals surface area contributed by atoms with Gasteiger partial charge < -0.3 is 0 Å². The maximum absolute atomic E-state index is 12.3. The van der Waals surface area contributed by atoms with E-state index in [-0.39, 0.29) is 15.0 Å². The van der Waals surface area contributed by atoms with Gasteiger partial charge >= 0.3 is 0 Å². The zero-order valence-electron chi connectivity index (χ0n) is 11.4. The van der Waals surface area contributed by atoms with Crippen LogP contribution in [0.1, 0.15) is 26.5 Å². The summed E-state index contributed by atoms with van der Waals surface area (Å²) in [5.74, 6) is 0. The molecule has 0 amide bonds. The first-order chi connectivity index (χ1) is 9.11. The maximum Gasteiger partial charge on any atom is 0.283 e. The number of anilines is 1. The number of aromatic nitrogens is 4. The van der Waals surface area contributed by atoms with E-state index in [2.05, 4.69) is 35.9 Å². The van der Waals surface area contributed by atoms with E-state index in [1.165, 1.54) is 23.1 Å². The number of nitrogens with one attached hydrogen (secondary N) is 1. The van der Waals surface area contributed by atoms with Crippen molar-refractivity contribution in [3.05, 3.63) is 15.7 Å². The second kappa shape index (κ2) is 5.08. The summed E-state index contributed by atoms with van der Waals surface area (Å²) in [5, 5.41) is 9.44. The van der Waals surface area contributed by atoms with Crippen molar-refractivity contribution in [2.45, 2.75) is 31.2 Å². The molecule has 7 nitrogen and oxygen atoms in total. The largest absolute Gasteiger partial charge is 0.283 e. The minimum atomic E-state index is -3.77. The number of sulfonamides is 1. The van der Waals surface area contributed by atoms with Crippen molar-refractivity contribution in [3.8, 4) is 0 Å². The number of aryl methyl sites for hydroxylation is 1. The molecular weight excluding hydrogens is 366 g/mol. The summed E-state index contributed by atoms with van der Waals surface area (Å²) in [5.41, 5.74) is 0.705. The Kier molecular flexibility index (Phi) is 3.91. The first-order valence-electron chi connectivity index (χ1n) is 5.65. The quantitative estimate of drug-likeness (QED) is 0.881. The van der Waals surface area contributed by atoms with Crippen LogP contribution in [-0.2, 0) is 22.5 Å². The van der Waals surface area contributed by atoms with E-state index in [1.807, 2.05) is 26.2 Å². The summed E-state index contributed by atoms with van der Waals surface area (Å²) in [4.78, 5) is 4.30. The number of hydrogen-bond acceptors (Lipinski definition) is 6. The molecule has 2 rings (SSSR count). The second-order valence-corrected chi connectivity index (χ2v) is 8.41. The van der Waals surface area contributed by atoms with Gasteiger partial charge in [0.15, 0.2) is 9.73 Å². The van der Waals surface area contributed by atoms with E-state index in [0.29, 0.717) is 5.13 Å². The first kappa shape index (κ1) is 15.4. The van der Waals surface area contributed by atoms with Crippen molar-refractivity contribution >= 4 is 42.4 Å². The molecule has 1 N–H and O–H groups in total. The molecule has 0 aliphatic heterocycles. The lowest BCUT2D eigenvalue weighted by atomic mass is 9.93. The minimum absolute atomic E-state index is 0.0370. The Bertz CT molecular complexity index is 710. The highest BCUT2D eigenvalue weighted by Gasteiger charge is 2.26. The van der Waals surface area contributed by atoms with Gasteiger partial charge in [0.1, 0.15) is 0 Å². The summed E-state index contributed by atoms with van der Waals surface area (Å²) >= 11 is 4.32. The van der Waals surface area contributed by atoms with Crippen LogP contribution in [0.3, 0.4) is 0 Å². The molecule has 2 heterocycles. The molecule has 0 atom stereocenters. The van der Waals surface area contributed by atoms with Crippen molar-refractivity contribution in [1.29, 1.82) is 0 Å². The van der Waals surface area contributed by atoms with E-state index in [0.717, 1.165) is 5.69 Å². The maximum atomic E-state index is 12.3. The van der Waals surface area contributed by atoms with Crippen LogP contribution < -0.4 is 4.72 Å². The van der Waals surface area contributed by atoms with E-state index in [4.69, 9.17) is 0 Å². The van der Waals surface area contributed by atoms with Gasteiger partial charge in [-0.05, 0) is 15.9 Å². The average Bonchev–Trinajstić information content (AvgIpc) is 2.84. The molecule has 0 aromatic carbocycles. The Balaban J connectivity index is 2.32. The number of rotatable bonds is 3.